The number of hydrogen-bond donors (Lipinski definition) is 0. The van der Waals surface area contributed by atoms with Crippen LogP contribution in [-0.4, -0.2) is 19.9 Å². The van der Waals surface area contributed by atoms with Crippen molar-refractivity contribution in [2.24, 2.45) is 0 Å². The Morgan fingerprint density at radius 3 is 0.976 bits per heavy atom. The molecule has 0 saturated heterocycles. The van der Waals surface area contributed by atoms with Gasteiger partial charge in [-0.3, -0.25) is 9.80 Å². The van der Waals surface area contributed by atoms with Crippen molar-refractivity contribution in [1.29, 1.82) is 0 Å². The van der Waals surface area contributed by atoms with E-state index in [4.69, 9.17) is 19.9 Å². The summed E-state index contributed by atoms with van der Waals surface area (Å²) in [6.07, 6.45) is 0. The predicted molar refractivity (Wildman–Crippen MR) is 171 cm³/mol. The van der Waals surface area contributed by atoms with Crippen LogP contribution in [0.1, 0.15) is 0 Å². The van der Waals surface area contributed by atoms with E-state index in [1.807, 2.05) is 48.5 Å². The van der Waals surface area contributed by atoms with Crippen LogP contribution < -0.4 is 9.80 Å². The Morgan fingerprint density at radius 2 is 0.619 bits per heavy atom. The van der Waals surface area contributed by atoms with E-state index in [1.54, 1.807) is 0 Å². The molecule has 0 aliphatic carbocycles. The van der Waals surface area contributed by atoms with Crippen molar-refractivity contribution < 1.29 is 0 Å². The summed E-state index contributed by atoms with van der Waals surface area (Å²) in [6, 6.07) is 45.6. The van der Waals surface area contributed by atoms with Gasteiger partial charge in [-0.25, -0.2) is 19.9 Å². The van der Waals surface area contributed by atoms with Crippen LogP contribution in [-0.2, 0) is 0 Å². The lowest BCUT2D eigenvalue weighted by Crippen LogP contribution is -2.28. The maximum Gasteiger partial charge on any atom is 0.183 e. The van der Waals surface area contributed by atoms with E-state index < -0.39 is 0 Å². The van der Waals surface area contributed by atoms with Crippen molar-refractivity contribution in [3.8, 4) is 0 Å². The Balaban J connectivity index is 1.39. The first-order valence-corrected chi connectivity index (χ1v) is 13.9. The number of aromatic nitrogens is 4. The van der Waals surface area contributed by atoms with Crippen LogP contribution in [0.3, 0.4) is 0 Å². The van der Waals surface area contributed by atoms with Gasteiger partial charge in [-0.05, 0) is 70.1 Å². The minimum absolute atomic E-state index is 0.703. The molecule has 0 unspecified atom stereocenters. The van der Waals surface area contributed by atoms with Gasteiger partial charge in [0, 0.05) is 11.4 Å². The van der Waals surface area contributed by atoms with E-state index in [1.165, 1.54) is 10.8 Å². The number of anilines is 6. The Hall–Kier alpha value is -5.88. The first kappa shape index (κ1) is 22.9. The molecule has 0 spiro atoms. The second-order valence-electron chi connectivity index (χ2n) is 10.5. The monoisotopic (exact) mass is 538 g/mol. The van der Waals surface area contributed by atoms with E-state index in [0.29, 0.717) is 23.3 Å². The third-order valence-corrected chi connectivity index (χ3v) is 7.90. The zero-order chi connectivity index (χ0) is 27.6. The average molecular weight is 539 g/mol. The zero-order valence-corrected chi connectivity index (χ0v) is 22.4. The molecule has 3 heterocycles. The van der Waals surface area contributed by atoms with Crippen molar-refractivity contribution in [1.82, 2.24) is 19.9 Å². The number of nitrogens with zero attached hydrogens (tertiary/aromatic N) is 6. The summed E-state index contributed by atoms with van der Waals surface area (Å²) in [4.78, 5) is 25.1. The third kappa shape index (κ3) is 3.45. The van der Waals surface area contributed by atoms with E-state index in [2.05, 4.69) is 94.7 Å². The highest BCUT2D eigenvalue weighted by atomic mass is 15.4. The summed E-state index contributed by atoms with van der Waals surface area (Å²) in [5.74, 6) is 2.81. The maximum absolute atomic E-state index is 5.22. The van der Waals surface area contributed by atoms with Crippen molar-refractivity contribution in [3.63, 3.8) is 0 Å². The number of benzene rings is 6. The molecule has 0 N–H and O–H groups in total. The highest BCUT2D eigenvalue weighted by molar-refractivity contribution is 6.02. The number of hydrogen-bond acceptors (Lipinski definition) is 6. The molecule has 1 aliphatic heterocycles. The standard InChI is InChI=1S/C36H22N6/c1-3-11-25-21-27(19-17-23(25)9-1)41-33-35(39-31-15-7-5-13-29(31)37-33)42(28-20-18-24-10-2-4-12-26(24)22-28)36-34(41)38-30-14-6-8-16-32(30)40-36/h1-22H. The molecule has 6 aromatic carbocycles. The Labute approximate surface area is 241 Å². The van der Waals surface area contributed by atoms with E-state index in [9.17, 15) is 0 Å². The SMILES string of the molecule is c1ccc2cc(N3c4nc5ccccc5nc4N(c4ccc5ccccc5c4)c4nc5ccccc5nc43)ccc2c1. The molecule has 6 heteroatoms. The quantitative estimate of drug-likeness (QED) is 0.219. The fourth-order valence-electron chi connectivity index (χ4n) is 5.88. The molecule has 42 heavy (non-hydrogen) atoms. The minimum atomic E-state index is 0.703. The van der Waals surface area contributed by atoms with Crippen LogP contribution in [0.2, 0.25) is 0 Å². The second kappa shape index (κ2) is 8.81. The predicted octanol–water partition coefficient (Wildman–Crippen LogP) is 9.13. The van der Waals surface area contributed by atoms with Gasteiger partial charge in [0.15, 0.2) is 23.3 Å². The van der Waals surface area contributed by atoms with Crippen LogP contribution in [0.4, 0.5) is 34.6 Å². The van der Waals surface area contributed by atoms with E-state index in [-0.39, 0.29) is 0 Å². The molecule has 0 saturated carbocycles. The van der Waals surface area contributed by atoms with Gasteiger partial charge in [0.2, 0.25) is 0 Å². The van der Waals surface area contributed by atoms with Crippen LogP contribution in [0.5, 0.6) is 0 Å². The van der Waals surface area contributed by atoms with Crippen LogP contribution in [0, 0.1) is 0 Å². The van der Waals surface area contributed by atoms with Crippen LogP contribution in [0.15, 0.2) is 133 Å². The summed E-state index contributed by atoms with van der Waals surface area (Å²) >= 11 is 0. The molecule has 9 rings (SSSR count). The number of para-hydroxylation sites is 4. The molecular weight excluding hydrogens is 516 g/mol. The summed E-state index contributed by atoms with van der Waals surface area (Å²) in [6.45, 7) is 0. The van der Waals surface area contributed by atoms with Crippen molar-refractivity contribution in [3.05, 3.63) is 133 Å². The Kier molecular flexibility index (Phi) is 4.80. The summed E-state index contributed by atoms with van der Waals surface area (Å²) < 4.78 is 0. The van der Waals surface area contributed by atoms with Gasteiger partial charge < -0.3 is 0 Å². The first-order chi connectivity index (χ1) is 20.8. The third-order valence-electron chi connectivity index (χ3n) is 7.90. The normalized spacial score (nSPS) is 12.7. The molecular formula is C36H22N6. The molecule has 0 fully saturated rings. The lowest BCUT2D eigenvalue weighted by atomic mass is 10.1. The first-order valence-electron chi connectivity index (χ1n) is 13.9. The zero-order valence-electron chi connectivity index (χ0n) is 22.4. The van der Waals surface area contributed by atoms with Gasteiger partial charge in [0.25, 0.3) is 0 Å². The Morgan fingerprint density at radius 1 is 0.310 bits per heavy atom. The summed E-state index contributed by atoms with van der Waals surface area (Å²) in [5.41, 5.74) is 5.16. The van der Waals surface area contributed by atoms with E-state index >= 15 is 0 Å². The topological polar surface area (TPSA) is 58.0 Å². The van der Waals surface area contributed by atoms with Gasteiger partial charge in [-0.2, -0.15) is 0 Å². The molecule has 196 valence electrons. The summed E-state index contributed by atoms with van der Waals surface area (Å²) in [7, 11) is 0. The van der Waals surface area contributed by atoms with Crippen LogP contribution in [0.25, 0.3) is 43.6 Å². The largest absolute Gasteiger partial charge is 0.273 e. The number of fused-ring (bicyclic) bond motifs is 6. The van der Waals surface area contributed by atoms with Crippen molar-refractivity contribution >= 4 is 78.3 Å². The maximum atomic E-state index is 5.22. The van der Waals surface area contributed by atoms with Gasteiger partial charge >= 0.3 is 0 Å². The van der Waals surface area contributed by atoms with Crippen LogP contribution >= 0.6 is 0 Å². The highest BCUT2D eigenvalue weighted by Crippen LogP contribution is 2.52. The molecule has 0 amide bonds. The molecule has 1 aliphatic rings. The fourth-order valence-corrected chi connectivity index (χ4v) is 5.88. The summed E-state index contributed by atoms with van der Waals surface area (Å²) in [5, 5.41) is 4.62. The van der Waals surface area contributed by atoms with E-state index in [0.717, 1.165) is 44.2 Å². The average Bonchev–Trinajstić information content (AvgIpc) is 3.05. The van der Waals surface area contributed by atoms with Gasteiger partial charge in [-0.1, -0.05) is 84.9 Å². The Bertz CT molecular complexity index is 2100. The second-order valence-corrected chi connectivity index (χ2v) is 10.5. The molecule has 0 bridgehead atoms. The van der Waals surface area contributed by atoms with Gasteiger partial charge in [0.05, 0.1) is 22.1 Å². The van der Waals surface area contributed by atoms with Crippen molar-refractivity contribution in [2.75, 3.05) is 9.80 Å². The molecule has 0 radical (unpaired) electrons. The van der Waals surface area contributed by atoms with Gasteiger partial charge in [-0.15, -0.1) is 0 Å². The molecule has 8 aromatic rings. The highest BCUT2D eigenvalue weighted by Gasteiger charge is 2.36. The van der Waals surface area contributed by atoms with Gasteiger partial charge in [0.1, 0.15) is 0 Å². The number of rotatable bonds is 2. The smallest absolute Gasteiger partial charge is 0.183 e. The lowest BCUT2D eigenvalue weighted by molar-refractivity contribution is 1.03. The van der Waals surface area contributed by atoms with Crippen molar-refractivity contribution in [2.45, 2.75) is 0 Å². The molecule has 6 nitrogen and oxygen atoms in total. The fraction of sp³-hybridized carbons (Fsp3) is 0. The molecule has 0 atom stereocenters. The lowest BCUT2D eigenvalue weighted by Gasteiger charge is -2.37. The molecule has 2 aromatic heterocycles. The minimum Gasteiger partial charge on any atom is -0.273 e.